The zero-order valence-corrected chi connectivity index (χ0v) is 17.7. The number of aryl methyl sites for hydroxylation is 1. The number of rotatable bonds is 6. The molecule has 0 aromatic heterocycles. The molecule has 4 heteroatoms. The van der Waals surface area contributed by atoms with E-state index in [-0.39, 0.29) is 11.7 Å². The van der Waals surface area contributed by atoms with Gasteiger partial charge in [-0.3, -0.25) is 9.59 Å². The van der Waals surface area contributed by atoms with Gasteiger partial charge in [-0.05, 0) is 42.3 Å². The number of nitrogens with one attached hydrogen (secondary N) is 1. The normalized spacial score (nSPS) is 10.6. The fourth-order valence-electron chi connectivity index (χ4n) is 3.50. The first kappa shape index (κ1) is 21.1. The molecule has 0 bridgehead atoms. The first-order valence-corrected chi connectivity index (χ1v) is 10.4. The SMILES string of the molecule is Cc1ccc(NC(=O)c2ccccc2OC(=O)C(c2ccccc2)c2ccccc2)cc1. The van der Waals surface area contributed by atoms with Crippen molar-refractivity contribution in [2.45, 2.75) is 12.8 Å². The Morgan fingerprint density at radius 1 is 0.688 bits per heavy atom. The molecule has 1 amide bonds. The number of ether oxygens (including phenoxy) is 1. The van der Waals surface area contributed by atoms with Crippen LogP contribution in [0.4, 0.5) is 5.69 Å². The summed E-state index contributed by atoms with van der Waals surface area (Å²) < 4.78 is 5.79. The lowest BCUT2D eigenvalue weighted by molar-refractivity contribution is -0.135. The third-order valence-electron chi connectivity index (χ3n) is 5.15. The molecular formula is C28H23NO3. The molecular weight excluding hydrogens is 398 g/mol. The van der Waals surface area contributed by atoms with E-state index in [2.05, 4.69) is 5.32 Å². The molecule has 4 rings (SSSR count). The third-order valence-corrected chi connectivity index (χ3v) is 5.15. The Bertz CT molecular complexity index is 1160. The first-order chi connectivity index (χ1) is 15.6. The summed E-state index contributed by atoms with van der Waals surface area (Å²) in [6, 6.07) is 33.2. The summed E-state index contributed by atoms with van der Waals surface area (Å²) in [4.78, 5) is 26.2. The van der Waals surface area contributed by atoms with E-state index in [9.17, 15) is 9.59 Å². The van der Waals surface area contributed by atoms with Crippen LogP contribution in [0, 0.1) is 6.92 Å². The summed E-state index contributed by atoms with van der Waals surface area (Å²) in [6.07, 6.45) is 0. The summed E-state index contributed by atoms with van der Waals surface area (Å²) in [5.74, 6) is -1.17. The number of carbonyl (C=O) groups is 2. The average Bonchev–Trinajstić information content (AvgIpc) is 2.82. The largest absolute Gasteiger partial charge is 0.425 e. The second-order valence-corrected chi connectivity index (χ2v) is 7.49. The van der Waals surface area contributed by atoms with Crippen LogP contribution in [0.3, 0.4) is 0 Å². The van der Waals surface area contributed by atoms with Gasteiger partial charge in [0.15, 0.2) is 0 Å². The van der Waals surface area contributed by atoms with Gasteiger partial charge in [0.25, 0.3) is 5.91 Å². The van der Waals surface area contributed by atoms with Crippen LogP contribution in [0.5, 0.6) is 5.75 Å². The predicted molar refractivity (Wildman–Crippen MR) is 126 cm³/mol. The minimum Gasteiger partial charge on any atom is -0.425 e. The summed E-state index contributed by atoms with van der Waals surface area (Å²) in [6.45, 7) is 1.98. The van der Waals surface area contributed by atoms with Crippen molar-refractivity contribution in [3.8, 4) is 5.75 Å². The van der Waals surface area contributed by atoms with Gasteiger partial charge in [-0.15, -0.1) is 0 Å². The van der Waals surface area contributed by atoms with Crippen LogP contribution in [0.1, 0.15) is 33.0 Å². The van der Waals surface area contributed by atoms with Crippen LogP contribution in [0.25, 0.3) is 0 Å². The average molecular weight is 421 g/mol. The lowest BCUT2D eigenvalue weighted by atomic mass is 9.91. The standard InChI is InChI=1S/C28H23NO3/c1-20-16-18-23(19-17-20)29-27(30)24-14-8-9-15-25(24)32-28(31)26(21-10-4-2-5-11-21)22-12-6-3-7-13-22/h2-19,26H,1H3,(H,29,30). The zero-order valence-electron chi connectivity index (χ0n) is 17.7. The van der Waals surface area contributed by atoms with Crippen molar-refractivity contribution in [3.63, 3.8) is 0 Å². The zero-order chi connectivity index (χ0) is 22.3. The van der Waals surface area contributed by atoms with E-state index in [0.717, 1.165) is 16.7 Å². The third kappa shape index (κ3) is 4.93. The smallest absolute Gasteiger partial charge is 0.323 e. The van der Waals surface area contributed by atoms with E-state index >= 15 is 0 Å². The Balaban J connectivity index is 1.61. The molecule has 4 aromatic carbocycles. The van der Waals surface area contributed by atoms with Gasteiger partial charge in [0, 0.05) is 5.69 Å². The summed E-state index contributed by atoms with van der Waals surface area (Å²) in [5.41, 5.74) is 3.72. The van der Waals surface area contributed by atoms with Gasteiger partial charge < -0.3 is 10.1 Å². The van der Waals surface area contributed by atoms with Crippen LogP contribution < -0.4 is 10.1 Å². The molecule has 0 unspecified atom stereocenters. The molecule has 1 N–H and O–H groups in total. The minimum atomic E-state index is -0.606. The highest BCUT2D eigenvalue weighted by molar-refractivity contribution is 6.06. The van der Waals surface area contributed by atoms with Gasteiger partial charge in [0.2, 0.25) is 0 Å². The van der Waals surface area contributed by atoms with Crippen LogP contribution in [0.2, 0.25) is 0 Å². The van der Waals surface area contributed by atoms with Crippen LogP contribution in [-0.4, -0.2) is 11.9 Å². The van der Waals surface area contributed by atoms with Gasteiger partial charge in [-0.1, -0.05) is 90.5 Å². The fourth-order valence-corrected chi connectivity index (χ4v) is 3.50. The van der Waals surface area contributed by atoms with Crippen LogP contribution in [-0.2, 0) is 4.79 Å². The van der Waals surface area contributed by atoms with Crippen molar-refractivity contribution in [1.82, 2.24) is 0 Å². The van der Waals surface area contributed by atoms with Crippen molar-refractivity contribution >= 4 is 17.6 Å². The molecule has 0 fully saturated rings. The molecule has 0 aliphatic heterocycles. The number of hydrogen-bond acceptors (Lipinski definition) is 3. The van der Waals surface area contributed by atoms with E-state index in [1.807, 2.05) is 91.9 Å². The molecule has 0 saturated carbocycles. The van der Waals surface area contributed by atoms with Crippen molar-refractivity contribution < 1.29 is 14.3 Å². The van der Waals surface area contributed by atoms with Gasteiger partial charge in [-0.2, -0.15) is 0 Å². The maximum absolute atomic E-state index is 13.3. The molecule has 158 valence electrons. The quantitative estimate of drug-likeness (QED) is 0.308. The highest BCUT2D eigenvalue weighted by Crippen LogP contribution is 2.28. The Labute approximate surface area is 187 Å². The van der Waals surface area contributed by atoms with E-state index in [0.29, 0.717) is 11.3 Å². The predicted octanol–water partition coefficient (Wildman–Crippen LogP) is 5.98. The number of esters is 1. The maximum atomic E-state index is 13.3. The first-order valence-electron chi connectivity index (χ1n) is 10.4. The Kier molecular flexibility index (Phi) is 6.42. The van der Waals surface area contributed by atoms with Crippen molar-refractivity contribution in [2.75, 3.05) is 5.32 Å². The summed E-state index contributed by atoms with van der Waals surface area (Å²) in [5, 5.41) is 2.86. The van der Waals surface area contributed by atoms with Crippen LogP contribution >= 0.6 is 0 Å². The van der Waals surface area contributed by atoms with Crippen molar-refractivity contribution in [3.05, 3.63) is 131 Å². The monoisotopic (exact) mass is 421 g/mol. The topological polar surface area (TPSA) is 55.4 Å². The molecule has 4 nitrogen and oxygen atoms in total. The molecule has 0 radical (unpaired) electrons. The van der Waals surface area contributed by atoms with Gasteiger partial charge in [-0.25, -0.2) is 0 Å². The Hall–Kier alpha value is -4.18. The number of carbonyl (C=O) groups excluding carboxylic acids is 2. The lowest BCUT2D eigenvalue weighted by Crippen LogP contribution is -2.22. The molecule has 0 aliphatic rings. The van der Waals surface area contributed by atoms with Crippen molar-refractivity contribution in [1.29, 1.82) is 0 Å². The Morgan fingerprint density at radius 3 is 1.81 bits per heavy atom. The van der Waals surface area contributed by atoms with Crippen LogP contribution in [0.15, 0.2) is 109 Å². The molecule has 0 aliphatic carbocycles. The van der Waals surface area contributed by atoms with Gasteiger partial charge >= 0.3 is 5.97 Å². The second-order valence-electron chi connectivity index (χ2n) is 7.49. The fraction of sp³-hybridized carbons (Fsp3) is 0.0714. The number of para-hydroxylation sites is 1. The van der Waals surface area contributed by atoms with E-state index in [1.54, 1.807) is 24.3 Å². The lowest BCUT2D eigenvalue weighted by Gasteiger charge is -2.18. The highest BCUT2D eigenvalue weighted by Gasteiger charge is 2.26. The van der Waals surface area contributed by atoms with E-state index in [4.69, 9.17) is 4.74 Å². The van der Waals surface area contributed by atoms with Gasteiger partial charge in [0.1, 0.15) is 11.7 Å². The van der Waals surface area contributed by atoms with E-state index < -0.39 is 11.9 Å². The molecule has 0 heterocycles. The molecule has 4 aromatic rings. The number of hydrogen-bond donors (Lipinski definition) is 1. The second kappa shape index (κ2) is 9.75. The summed E-state index contributed by atoms with van der Waals surface area (Å²) >= 11 is 0. The van der Waals surface area contributed by atoms with Crippen molar-refractivity contribution in [2.24, 2.45) is 0 Å². The highest BCUT2D eigenvalue weighted by atomic mass is 16.5. The van der Waals surface area contributed by atoms with Gasteiger partial charge in [0.05, 0.1) is 5.56 Å². The molecule has 0 atom stereocenters. The molecule has 0 saturated heterocycles. The molecule has 0 spiro atoms. The minimum absolute atomic E-state index is 0.221. The maximum Gasteiger partial charge on any atom is 0.323 e. The van der Waals surface area contributed by atoms with E-state index in [1.165, 1.54) is 0 Å². The number of benzene rings is 4. The summed E-state index contributed by atoms with van der Waals surface area (Å²) in [7, 11) is 0. The number of amides is 1. The number of anilines is 1. The molecule has 32 heavy (non-hydrogen) atoms. The Morgan fingerprint density at radius 2 is 1.22 bits per heavy atom.